The monoisotopic (exact) mass is 206 g/mol. The van der Waals surface area contributed by atoms with Crippen molar-refractivity contribution in [2.24, 2.45) is 10.8 Å². The number of aromatic nitrogens is 1. The summed E-state index contributed by atoms with van der Waals surface area (Å²) in [6.45, 7) is 1.69. The average Bonchev–Trinajstić information content (AvgIpc) is 2.26. The number of nitrogens with zero attached hydrogens (tertiary/aromatic N) is 2. The summed E-state index contributed by atoms with van der Waals surface area (Å²) in [5.74, 6) is -2.01. The van der Waals surface area contributed by atoms with Gasteiger partial charge in [-0.1, -0.05) is 0 Å². The van der Waals surface area contributed by atoms with Crippen molar-refractivity contribution in [3.05, 3.63) is 30.1 Å². The van der Waals surface area contributed by atoms with Crippen LogP contribution in [0.15, 0.2) is 29.6 Å². The minimum Gasteiger partial charge on any atom is -0.361 e. The van der Waals surface area contributed by atoms with Gasteiger partial charge in [0.1, 0.15) is 0 Å². The summed E-state index contributed by atoms with van der Waals surface area (Å²) >= 11 is 0. The zero-order valence-corrected chi connectivity index (χ0v) is 8.10. The molecule has 15 heavy (non-hydrogen) atoms. The summed E-state index contributed by atoms with van der Waals surface area (Å²) in [5, 5.41) is 3.70. The van der Waals surface area contributed by atoms with Gasteiger partial charge in [0.2, 0.25) is 0 Å². The summed E-state index contributed by atoms with van der Waals surface area (Å²) in [6, 6.07) is 3.46. The topological polar surface area (TPSA) is 97.4 Å². The number of hydrogen-bond donors (Lipinski definition) is 2. The van der Waals surface area contributed by atoms with E-state index in [2.05, 4.69) is 10.1 Å². The van der Waals surface area contributed by atoms with Gasteiger partial charge < -0.3 is 5.73 Å². The van der Waals surface area contributed by atoms with Crippen molar-refractivity contribution in [1.82, 2.24) is 10.4 Å². The van der Waals surface area contributed by atoms with Gasteiger partial charge >= 0.3 is 11.8 Å². The van der Waals surface area contributed by atoms with Crippen LogP contribution >= 0.6 is 0 Å². The summed E-state index contributed by atoms with van der Waals surface area (Å²) < 4.78 is 0. The van der Waals surface area contributed by atoms with Crippen LogP contribution in [0.1, 0.15) is 12.5 Å². The number of primary amides is 1. The maximum absolute atomic E-state index is 10.8. The molecular weight excluding hydrogens is 196 g/mol. The van der Waals surface area contributed by atoms with Crippen molar-refractivity contribution in [3.63, 3.8) is 0 Å². The van der Waals surface area contributed by atoms with Gasteiger partial charge in [-0.25, -0.2) is 5.43 Å². The third-order valence-electron chi connectivity index (χ3n) is 1.65. The summed E-state index contributed by atoms with van der Waals surface area (Å²) in [6.07, 6.45) is 3.20. The molecule has 0 aromatic carbocycles. The number of pyridine rings is 1. The molecule has 0 aliphatic heterocycles. The Morgan fingerprint density at radius 1 is 1.40 bits per heavy atom. The zero-order valence-electron chi connectivity index (χ0n) is 8.10. The minimum atomic E-state index is -1.07. The number of amides is 2. The molecule has 0 aliphatic rings. The van der Waals surface area contributed by atoms with E-state index >= 15 is 0 Å². The predicted molar refractivity (Wildman–Crippen MR) is 53.8 cm³/mol. The predicted octanol–water partition coefficient (Wildman–Crippen LogP) is -0.593. The third-order valence-corrected chi connectivity index (χ3v) is 1.65. The Hall–Kier alpha value is -2.24. The highest BCUT2D eigenvalue weighted by atomic mass is 16.2. The van der Waals surface area contributed by atoms with E-state index in [9.17, 15) is 9.59 Å². The molecule has 0 bridgehead atoms. The molecule has 6 nitrogen and oxygen atoms in total. The highest BCUT2D eigenvalue weighted by Crippen LogP contribution is 1.97. The fourth-order valence-corrected chi connectivity index (χ4v) is 0.847. The molecule has 0 saturated heterocycles. The van der Waals surface area contributed by atoms with Gasteiger partial charge in [0.25, 0.3) is 0 Å². The van der Waals surface area contributed by atoms with E-state index in [0.717, 1.165) is 5.56 Å². The third kappa shape index (κ3) is 3.18. The first-order valence-corrected chi connectivity index (χ1v) is 4.15. The van der Waals surface area contributed by atoms with Gasteiger partial charge in [-0.05, 0) is 19.1 Å². The first-order valence-electron chi connectivity index (χ1n) is 4.15. The van der Waals surface area contributed by atoms with Crippen molar-refractivity contribution < 1.29 is 9.59 Å². The van der Waals surface area contributed by atoms with Crippen molar-refractivity contribution in [2.75, 3.05) is 0 Å². The number of hydrazone groups is 1. The smallest absolute Gasteiger partial charge is 0.329 e. The Morgan fingerprint density at radius 3 is 2.53 bits per heavy atom. The van der Waals surface area contributed by atoms with Gasteiger partial charge in [0.15, 0.2) is 0 Å². The standard InChI is InChI=1S/C9H10N4O2/c1-6(7-2-4-11-5-3-7)12-13-9(15)8(10)14/h2-5H,1H3,(H2,10,14)(H,13,15)/b12-6-. The molecule has 0 spiro atoms. The first kappa shape index (κ1) is 10.8. The fourth-order valence-electron chi connectivity index (χ4n) is 0.847. The van der Waals surface area contributed by atoms with E-state index in [0.29, 0.717) is 5.71 Å². The number of hydrogen-bond acceptors (Lipinski definition) is 4. The van der Waals surface area contributed by atoms with Crippen LogP contribution < -0.4 is 11.2 Å². The Bertz CT molecular complexity index is 400. The molecule has 0 unspecified atom stereocenters. The van der Waals surface area contributed by atoms with E-state index in [1.165, 1.54) is 0 Å². The lowest BCUT2D eigenvalue weighted by molar-refractivity contribution is -0.137. The van der Waals surface area contributed by atoms with Crippen molar-refractivity contribution >= 4 is 17.5 Å². The second kappa shape index (κ2) is 4.85. The minimum absolute atomic E-state index is 0.562. The molecule has 1 rings (SSSR count). The van der Waals surface area contributed by atoms with Gasteiger partial charge in [-0.15, -0.1) is 0 Å². The second-order valence-electron chi connectivity index (χ2n) is 2.74. The van der Waals surface area contributed by atoms with Gasteiger partial charge in [-0.2, -0.15) is 5.10 Å². The van der Waals surface area contributed by atoms with Crippen molar-refractivity contribution in [2.45, 2.75) is 6.92 Å². The highest BCUT2D eigenvalue weighted by Gasteiger charge is 2.06. The largest absolute Gasteiger partial charge is 0.361 e. The van der Waals surface area contributed by atoms with Gasteiger partial charge in [0.05, 0.1) is 5.71 Å². The van der Waals surface area contributed by atoms with E-state index in [-0.39, 0.29) is 0 Å². The highest BCUT2D eigenvalue weighted by molar-refractivity contribution is 6.34. The van der Waals surface area contributed by atoms with Crippen molar-refractivity contribution in [1.29, 1.82) is 0 Å². The Kier molecular flexibility index (Phi) is 3.50. The molecule has 1 aromatic heterocycles. The number of carbonyl (C=O) groups is 2. The van der Waals surface area contributed by atoms with E-state index in [4.69, 9.17) is 5.73 Å². The number of carbonyl (C=O) groups excluding carboxylic acids is 2. The number of rotatable bonds is 2. The van der Waals surface area contributed by atoms with Crippen LogP contribution in [0.4, 0.5) is 0 Å². The Labute approximate surface area is 86.2 Å². The summed E-state index contributed by atoms with van der Waals surface area (Å²) in [7, 11) is 0. The molecule has 3 N–H and O–H groups in total. The lowest BCUT2D eigenvalue weighted by Gasteiger charge is -1.99. The molecule has 1 heterocycles. The molecule has 0 aliphatic carbocycles. The number of nitrogens with one attached hydrogen (secondary N) is 1. The Morgan fingerprint density at radius 2 is 2.00 bits per heavy atom. The Balaban J connectivity index is 2.69. The van der Waals surface area contributed by atoms with Crippen LogP contribution in [0.2, 0.25) is 0 Å². The van der Waals surface area contributed by atoms with E-state index in [1.807, 2.05) is 5.43 Å². The second-order valence-corrected chi connectivity index (χ2v) is 2.74. The van der Waals surface area contributed by atoms with Crippen LogP contribution in [-0.4, -0.2) is 22.5 Å². The molecule has 0 fully saturated rings. The van der Waals surface area contributed by atoms with Crippen molar-refractivity contribution in [3.8, 4) is 0 Å². The quantitative estimate of drug-likeness (QED) is 0.384. The molecule has 78 valence electrons. The van der Waals surface area contributed by atoms with Crippen LogP contribution in [0.5, 0.6) is 0 Å². The zero-order chi connectivity index (χ0) is 11.3. The summed E-state index contributed by atoms with van der Waals surface area (Å²) in [5.41, 5.74) is 8.13. The lowest BCUT2D eigenvalue weighted by atomic mass is 10.2. The molecule has 0 radical (unpaired) electrons. The average molecular weight is 206 g/mol. The van der Waals surface area contributed by atoms with Gasteiger partial charge in [0, 0.05) is 18.0 Å². The van der Waals surface area contributed by atoms with Crippen LogP contribution in [0.25, 0.3) is 0 Å². The lowest BCUT2D eigenvalue weighted by Crippen LogP contribution is -2.33. The molecule has 0 saturated carbocycles. The summed E-state index contributed by atoms with van der Waals surface area (Å²) in [4.78, 5) is 25.0. The fraction of sp³-hybridized carbons (Fsp3) is 0.111. The van der Waals surface area contributed by atoms with Crippen LogP contribution in [0.3, 0.4) is 0 Å². The molecule has 1 aromatic rings. The normalized spacial score (nSPS) is 10.9. The van der Waals surface area contributed by atoms with Crippen LogP contribution in [-0.2, 0) is 9.59 Å². The maximum Gasteiger partial charge on any atom is 0.329 e. The SMILES string of the molecule is C/C(=N/NC(=O)C(N)=O)c1ccncc1. The van der Waals surface area contributed by atoms with E-state index in [1.54, 1.807) is 31.5 Å². The molecule has 0 atom stereocenters. The molecule has 6 heteroatoms. The molecular formula is C9H10N4O2. The van der Waals surface area contributed by atoms with E-state index < -0.39 is 11.8 Å². The van der Waals surface area contributed by atoms with Gasteiger partial charge in [-0.3, -0.25) is 14.6 Å². The maximum atomic E-state index is 10.8. The van der Waals surface area contributed by atoms with Crippen LogP contribution in [0, 0.1) is 0 Å². The number of nitrogens with two attached hydrogens (primary N) is 1. The molecule has 2 amide bonds. The first-order chi connectivity index (χ1) is 7.11.